The van der Waals surface area contributed by atoms with E-state index in [1.54, 1.807) is 6.92 Å². The molecule has 3 N–H and O–H groups in total. The predicted molar refractivity (Wildman–Crippen MR) is 92.2 cm³/mol. The van der Waals surface area contributed by atoms with E-state index in [9.17, 15) is 14.7 Å². The van der Waals surface area contributed by atoms with Crippen molar-refractivity contribution in [3.05, 3.63) is 29.8 Å². The lowest BCUT2D eigenvalue weighted by molar-refractivity contribution is -0.136. The second-order valence-electron chi connectivity index (χ2n) is 6.15. The van der Waals surface area contributed by atoms with Gasteiger partial charge in [-0.2, -0.15) is 0 Å². The van der Waals surface area contributed by atoms with E-state index < -0.39 is 17.9 Å². The monoisotopic (exact) mass is 320 g/mol. The number of aryl methyl sites for hydroxylation is 1. The van der Waals surface area contributed by atoms with E-state index in [0.29, 0.717) is 18.7 Å². The maximum absolute atomic E-state index is 11.8. The molecule has 0 fully saturated rings. The molecule has 0 radical (unpaired) electrons. The van der Waals surface area contributed by atoms with Gasteiger partial charge < -0.3 is 15.7 Å². The van der Waals surface area contributed by atoms with Crippen molar-refractivity contribution in [2.75, 3.05) is 11.9 Å². The smallest absolute Gasteiger partial charge is 0.313 e. The van der Waals surface area contributed by atoms with Crippen LogP contribution in [0.15, 0.2) is 24.3 Å². The van der Waals surface area contributed by atoms with Crippen LogP contribution in [0.2, 0.25) is 0 Å². The van der Waals surface area contributed by atoms with Crippen molar-refractivity contribution in [3.8, 4) is 0 Å². The topological polar surface area (TPSA) is 78.4 Å². The fourth-order valence-electron chi connectivity index (χ4n) is 2.34. The molecule has 23 heavy (non-hydrogen) atoms. The SMILES string of the molecule is CCCCc1ccc(NC(=O)C(=O)NCC(C)CC(C)O)cc1. The number of unbranched alkanes of at least 4 members (excludes halogenated alkanes) is 1. The fraction of sp³-hybridized carbons (Fsp3) is 0.556. The molecule has 0 aliphatic carbocycles. The number of anilines is 1. The zero-order valence-corrected chi connectivity index (χ0v) is 14.3. The van der Waals surface area contributed by atoms with Crippen molar-refractivity contribution in [2.24, 2.45) is 5.92 Å². The summed E-state index contributed by atoms with van der Waals surface area (Å²) in [6.45, 7) is 6.14. The van der Waals surface area contributed by atoms with E-state index in [-0.39, 0.29) is 5.92 Å². The minimum Gasteiger partial charge on any atom is -0.393 e. The van der Waals surface area contributed by atoms with Gasteiger partial charge in [-0.25, -0.2) is 0 Å². The molecule has 1 aromatic rings. The molecule has 0 bridgehead atoms. The fourth-order valence-corrected chi connectivity index (χ4v) is 2.34. The standard InChI is InChI=1S/C18H28N2O3/c1-4-5-6-15-7-9-16(10-8-15)20-18(23)17(22)19-12-13(2)11-14(3)21/h7-10,13-14,21H,4-6,11-12H2,1-3H3,(H,19,22)(H,20,23). The third-order valence-electron chi connectivity index (χ3n) is 3.59. The van der Waals surface area contributed by atoms with Crippen LogP contribution in [0.1, 0.15) is 45.6 Å². The molecular weight excluding hydrogens is 292 g/mol. The highest BCUT2D eigenvalue weighted by molar-refractivity contribution is 6.39. The second kappa shape index (κ2) is 10.0. The lowest BCUT2D eigenvalue weighted by Gasteiger charge is -2.14. The van der Waals surface area contributed by atoms with Gasteiger partial charge in [-0.15, -0.1) is 0 Å². The van der Waals surface area contributed by atoms with Gasteiger partial charge in [0.25, 0.3) is 0 Å². The van der Waals surface area contributed by atoms with Crippen LogP contribution in [-0.2, 0) is 16.0 Å². The maximum Gasteiger partial charge on any atom is 0.313 e. The van der Waals surface area contributed by atoms with Gasteiger partial charge in [-0.05, 0) is 49.8 Å². The number of hydrogen-bond acceptors (Lipinski definition) is 3. The van der Waals surface area contributed by atoms with Gasteiger partial charge in [0.2, 0.25) is 0 Å². The average Bonchev–Trinajstić information content (AvgIpc) is 2.51. The number of aliphatic hydroxyl groups excluding tert-OH is 1. The normalized spacial score (nSPS) is 13.2. The largest absolute Gasteiger partial charge is 0.393 e. The van der Waals surface area contributed by atoms with Gasteiger partial charge in [-0.1, -0.05) is 32.4 Å². The highest BCUT2D eigenvalue weighted by Crippen LogP contribution is 2.11. The summed E-state index contributed by atoms with van der Waals surface area (Å²) < 4.78 is 0. The van der Waals surface area contributed by atoms with E-state index in [1.807, 2.05) is 31.2 Å². The van der Waals surface area contributed by atoms with Crippen molar-refractivity contribution in [2.45, 2.75) is 52.6 Å². The van der Waals surface area contributed by atoms with Gasteiger partial charge in [-0.3, -0.25) is 9.59 Å². The zero-order valence-electron chi connectivity index (χ0n) is 14.3. The molecular formula is C18H28N2O3. The van der Waals surface area contributed by atoms with Crippen LogP contribution in [0.25, 0.3) is 0 Å². The summed E-state index contributed by atoms with van der Waals surface area (Å²) in [6.07, 6.45) is 3.47. The average molecular weight is 320 g/mol. The van der Waals surface area contributed by atoms with Crippen molar-refractivity contribution < 1.29 is 14.7 Å². The molecule has 2 unspecified atom stereocenters. The molecule has 0 aliphatic heterocycles. The number of carbonyl (C=O) groups excluding carboxylic acids is 2. The molecule has 0 heterocycles. The first-order valence-electron chi connectivity index (χ1n) is 8.28. The molecule has 0 spiro atoms. The molecule has 2 amide bonds. The van der Waals surface area contributed by atoms with Crippen LogP contribution in [0.4, 0.5) is 5.69 Å². The number of carbonyl (C=O) groups is 2. The van der Waals surface area contributed by atoms with Crippen LogP contribution >= 0.6 is 0 Å². The Bertz CT molecular complexity index is 497. The number of benzene rings is 1. The van der Waals surface area contributed by atoms with E-state index in [0.717, 1.165) is 19.3 Å². The Kier molecular flexibility index (Phi) is 8.33. The summed E-state index contributed by atoms with van der Waals surface area (Å²) in [5, 5.41) is 14.5. The molecule has 128 valence electrons. The van der Waals surface area contributed by atoms with Crippen LogP contribution in [0, 0.1) is 5.92 Å². The van der Waals surface area contributed by atoms with E-state index in [4.69, 9.17) is 0 Å². The van der Waals surface area contributed by atoms with E-state index in [2.05, 4.69) is 17.6 Å². The Hall–Kier alpha value is -1.88. The minimum atomic E-state index is -0.671. The molecule has 0 aromatic heterocycles. The molecule has 0 saturated heterocycles. The number of hydrogen-bond donors (Lipinski definition) is 3. The molecule has 5 heteroatoms. The molecule has 1 aromatic carbocycles. The Morgan fingerprint density at radius 2 is 1.78 bits per heavy atom. The Balaban J connectivity index is 2.41. The van der Waals surface area contributed by atoms with Crippen LogP contribution in [0.3, 0.4) is 0 Å². The number of nitrogens with one attached hydrogen (secondary N) is 2. The summed E-state index contributed by atoms with van der Waals surface area (Å²) in [6, 6.07) is 7.56. The van der Waals surface area contributed by atoms with Gasteiger partial charge in [0.1, 0.15) is 0 Å². The van der Waals surface area contributed by atoms with Crippen molar-refractivity contribution >= 4 is 17.5 Å². The maximum atomic E-state index is 11.8. The molecule has 0 saturated carbocycles. The summed E-state index contributed by atoms with van der Waals surface area (Å²) in [5.74, 6) is -1.21. The summed E-state index contributed by atoms with van der Waals surface area (Å²) in [4.78, 5) is 23.6. The van der Waals surface area contributed by atoms with Gasteiger partial charge in [0.05, 0.1) is 6.10 Å². The number of aliphatic hydroxyl groups is 1. The lowest BCUT2D eigenvalue weighted by atomic mass is 10.0. The van der Waals surface area contributed by atoms with E-state index in [1.165, 1.54) is 5.56 Å². The van der Waals surface area contributed by atoms with Crippen LogP contribution in [0.5, 0.6) is 0 Å². The third-order valence-corrected chi connectivity index (χ3v) is 3.59. The van der Waals surface area contributed by atoms with Gasteiger partial charge in [0.15, 0.2) is 0 Å². The minimum absolute atomic E-state index is 0.115. The third kappa shape index (κ3) is 7.79. The van der Waals surface area contributed by atoms with Crippen molar-refractivity contribution in [1.29, 1.82) is 0 Å². The zero-order chi connectivity index (χ0) is 17.2. The van der Waals surface area contributed by atoms with Crippen molar-refractivity contribution in [3.63, 3.8) is 0 Å². The van der Waals surface area contributed by atoms with Crippen LogP contribution in [-0.4, -0.2) is 29.6 Å². The summed E-state index contributed by atoms with van der Waals surface area (Å²) in [5.41, 5.74) is 1.84. The van der Waals surface area contributed by atoms with Gasteiger partial charge >= 0.3 is 11.8 Å². The molecule has 2 atom stereocenters. The first-order chi connectivity index (χ1) is 10.9. The summed E-state index contributed by atoms with van der Waals surface area (Å²) in [7, 11) is 0. The Morgan fingerprint density at radius 1 is 1.13 bits per heavy atom. The highest BCUT2D eigenvalue weighted by atomic mass is 16.3. The molecule has 0 aliphatic rings. The Morgan fingerprint density at radius 3 is 2.35 bits per heavy atom. The van der Waals surface area contributed by atoms with Crippen molar-refractivity contribution in [1.82, 2.24) is 5.32 Å². The predicted octanol–water partition coefficient (Wildman–Crippen LogP) is 2.49. The van der Waals surface area contributed by atoms with Gasteiger partial charge in [0, 0.05) is 12.2 Å². The molecule has 1 rings (SSSR count). The van der Waals surface area contributed by atoms with E-state index >= 15 is 0 Å². The number of rotatable bonds is 8. The first kappa shape index (κ1) is 19.2. The highest BCUT2D eigenvalue weighted by Gasteiger charge is 2.15. The Labute approximate surface area is 138 Å². The lowest BCUT2D eigenvalue weighted by Crippen LogP contribution is -2.38. The summed E-state index contributed by atoms with van der Waals surface area (Å²) >= 11 is 0. The first-order valence-corrected chi connectivity index (χ1v) is 8.28. The number of amides is 2. The molecule has 5 nitrogen and oxygen atoms in total. The van der Waals surface area contributed by atoms with Crippen LogP contribution < -0.4 is 10.6 Å². The quantitative estimate of drug-likeness (QED) is 0.644. The second-order valence-corrected chi connectivity index (χ2v) is 6.15.